The Hall–Kier alpha value is -6.72. The molecule has 0 aliphatic heterocycles. The van der Waals surface area contributed by atoms with E-state index in [1.54, 1.807) is 0 Å². The van der Waals surface area contributed by atoms with Crippen molar-refractivity contribution in [2.24, 2.45) is 0 Å². The fourth-order valence-corrected chi connectivity index (χ4v) is 9.01. The molecule has 63 heavy (non-hydrogen) atoms. The van der Waals surface area contributed by atoms with E-state index >= 15 is 0 Å². The molecule has 3 heterocycles. The molecule has 0 fully saturated rings. The molecule has 9 rings (SSSR count). The third-order valence-electron chi connectivity index (χ3n) is 13.0. The lowest BCUT2D eigenvalue weighted by atomic mass is 9.76. The standard InChI is InChI=1S/C58H58N4O/c1-55(2,3)42-24-19-25-44(34-42)60-32-33-61(39-60)45-28-29-48(57(7,8)40-20-13-11-14-21-40)52(36-45)63-46-37-49(58(9,10)41-22-15-12-16-23-41)54-47-26-17-18-27-50(47)62(51(54)38-46)53-35-43(30-31-59-53)56(4,5)6/h11-38H,1-10H3. The van der Waals surface area contributed by atoms with E-state index in [0.29, 0.717) is 0 Å². The minimum atomic E-state index is -0.388. The molecule has 0 unspecified atom stereocenters. The Balaban J connectivity index is 1.27. The molecular weight excluding hydrogens is 769 g/mol. The van der Waals surface area contributed by atoms with Crippen LogP contribution < -0.4 is 9.30 Å². The molecule has 0 aliphatic carbocycles. The lowest BCUT2D eigenvalue weighted by Crippen LogP contribution is -2.29. The van der Waals surface area contributed by atoms with Crippen LogP contribution in [-0.4, -0.2) is 14.1 Å². The van der Waals surface area contributed by atoms with Crippen molar-refractivity contribution in [1.29, 1.82) is 0 Å². The van der Waals surface area contributed by atoms with Crippen LogP contribution in [0.5, 0.6) is 11.5 Å². The van der Waals surface area contributed by atoms with Gasteiger partial charge in [-0.3, -0.25) is 13.7 Å². The number of nitrogens with zero attached hydrogens (tertiary/aromatic N) is 4. The Bertz CT molecular complexity index is 3100. The number of imidazole rings is 1. The van der Waals surface area contributed by atoms with Crippen molar-refractivity contribution >= 4 is 21.8 Å². The quantitative estimate of drug-likeness (QED) is 0.107. The molecule has 0 bridgehead atoms. The molecule has 0 atom stereocenters. The first-order chi connectivity index (χ1) is 30.0. The van der Waals surface area contributed by atoms with Crippen LogP contribution in [0.4, 0.5) is 0 Å². The van der Waals surface area contributed by atoms with Crippen LogP contribution in [0.3, 0.4) is 0 Å². The maximum atomic E-state index is 7.40. The van der Waals surface area contributed by atoms with Gasteiger partial charge in [0.1, 0.15) is 17.3 Å². The average molecular weight is 827 g/mol. The van der Waals surface area contributed by atoms with Crippen molar-refractivity contribution in [3.05, 3.63) is 210 Å². The second-order valence-electron chi connectivity index (χ2n) is 20.1. The fraction of sp³-hybridized carbons (Fsp3) is 0.241. The number of benzene rings is 6. The van der Waals surface area contributed by atoms with Gasteiger partial charge >= 0.3 is 0 Å². The Morgan fingerprint density at radius 3 is 1.84 bits per heavy atom. The van der Waals surface area contributed by atoms with E-state index < -0.39 is 0 Å². The molecule has 6 aromatic carbocycles. The zero-order chi connectivity index (χ0) is 44.3. The van der Waals surface area contributed by atoms with Crippen molar-refractivity contribution < 1.29 is 9.30 Å². The molecule has 0 saturated heterocycles. The number of ether oxygens (including phenoxy) is 1. The van der Waals surface area contributed by atoms with Crippen LogP contribution in [0.1, 0.15) is 103 Å². The number of rotatable bonds is 9. The lowest BCUT2D eigenvalue weighted by Gasteiger charge is -2.30. The van der Waals surface area contributed by atoms with Crippen LogP contribution in [0.15, 0.2) is 170 Å². The minimum absolute atomic E-state index is 0.0350. The van der Waals surface area contributed by atoms with E-state index in [9.17, 15) is 0 Å². The Kier molecular flexibility index (Phi) is 10.3. The van der Waals surface area contributed by atoms with Crippen molar-refractivity contribution in [3.8, 4) is 28.7 Å². The Morgan fingerprint density at radius 2 is 1.16 bits per heavy atom. The van der Waals surface area contributed by atoms with E-state index in [0.717, 1.165) is 45.3 Å². The van der Waals surface area contributed by atoms with Crippen LogP contribution >= 0.6 is 0 Å². The Morgan fingerprint density at radius 1 is 0.540 bits per heavy atom. The summed E-state index contributed by atoms with van der Waals surface area (Å²) in [5, 5.41) is 2.37. The smallest absolute Gasteiger partial charge is 0.268 e. The van der Waals surface area contributed by atoms with Gasteiger partial charge in [-0.2, -0.15) is 0 Å². The van der Waals surface area contributed by atoms with E-state index in [1.165, 1.54) is 38.6 Å². The molecule has 0 radical (unpaired) electrons. The highest BCUT2D eigenvalue weighted by Gasteiger charge is 2.31. The third kappa shape index (κ3) is 7.75. The predicted octanol–water partition coefficient (Wildman–Crippen LogP) is 14.1. The van der Waals surface area contributed by atoms with E-state index in [4.69, 9.17) is 9.72 Å². The molecule has 0 saturated carbocycles. The predicted molar refractivity (Wildman–Crippen MR) is 259 cm³/mol. The van der Waals surface area contributed by atoms with E-state index in [2.05, 4.69) is 253 Å². The van der Waals surface area contributed by atoms with E-state index in [1.807, 2.05) is 6.20 Å². The highest BCUT2D eigenvalue weighted by atomic mass is 16.5. The largest absolute Gasteiger partial charge is 0.457 e. The normalized spacial score (nSPS) is 12.6. The Labute approximate surface area is 373 Å². The highest BCUT2D eigenvalue weighted by molar-refractivity contribution is 6.11. The number of aromatic nitrogens is 4. The van der Waals surface area contributed by atoms with Crippen molar-refractivity contribution in [2.75, 3.05) is 0 Å². The number of pyridine rings is 1. The first-order valence-corrected chi connectivity index (χ1v) is 22.1. The van der Waals surface area contributed by atoms with Crippen LogP contribution in [0.25, 0.3) is 39.0 Å². The van der Waals surface area contributed by atoms with Crippen molar-refractivity contribution in [2.45, 2.75) is 90.9 Å². The molecular formula is C58H58N4O. The van der Waals surface area contributed by atoms with Gasteiger partial charge in [0.25, 0.3) is 6.33 Å². The molecule has 316 valence electrons. The van der Waals surface area contributed by atoms with Crippen LogP contribution in [0.2, 0.25) is 0 Å². The topological polar surface area (TPSA) is 35.9 Å². The van der Waals surface area contributed by atoms with Gasteiger partial charge < -0.3 is 4.74 Å². The maximum Gasteiger partial charge on any atom is 0.268 e. The summed E-state index contributed by atoms with van der Waals surface area (Å²) in [6, 6.07) is 54.4. The van der Waals surface area contributed by atoms with Crippen molar-refractivity contribution in [3.63, 3.8) is 0 Å². The maximum absolute atomic E-state index is 7.40. The van der Waals surface area contributed by atoms with Gasteiger partial charge in [-0.15, -0.1) is 0 Å². The second kappa shape index (κ2) is 15.6. The van der Waals surface area contributed by atoms with Gasteiger partial charge in [0.2, 0.25) is 0 Å². The summed E-state index contributed by atoms with van der Waals surface area (Å²) in [7, 11) is 0. The van der Waals surface area contributed by atoms with Gasteiger partial charge in [0.05, 0.1) is 22.4 Å². The molecule has 9 aromatic rings. The molecule has 0 amide bonds. The zero-order valence-corrected chi connectivity index (χ0v) is 38.4. The lowest BCUT2D eigenvalue weighted by molar-refractivity contribution is -0.599. The molecule has 0 N–H and O–H groups in total. The number of hydrogen-bond acceptors (Lipinski definition) is 2. The minimum Gasteiger partial charge on any atom is -0.457 e. The first-order valence-electron chi connectivity index (χ1n) is 22.1. The summed E-state index contributed by atoms with van der Waals surface area (Å²) in [5.74, 6) is 2.42. The van der Waals surface area contributed by atoms with Gasteiger partial charge in [0.15, 0.2) is 0 Å². The summed E-state index contributed by atoms with van der Waals surface area (Å²) >= 11 is 0. The summed E-state index contributed by atoms with van der Waals surface area (Å²) < 4.78 is 13.8. The summed E-state index contributed by atoms with van der Waals surface area (Å²) in [6.45, 7) is 22.7. The van der Waals surface area contributed by atoms with Crippen molar-refractivity contribution in [1.82, 2.24) is 14.1 Å². The molecule has 0 aliphatic rings. The summed E-state index contributed by atoms with van der Waals surface area (Å²) in [6.07, 6.45) is 9.67. The third-order valence-corrected chi connectivity index (χ3v) is 13.0. The number of para-hydroxylation sites is 1. The number of hydrogen-bond donors (Lipinski definition) is 0. The van der Waals surface area contributed by atoms with Crippen LogP contribution in [-0.2, 0) is 21.7 Å². The zero-order valence-electron chi connectivity index (χ0n) is 38.4. The summed E-state index contributed by atoms with van der Waals surface area (Å²) in [4.78, 5) is 5.04. The highest BCUT2D eigenvalue weighted by Crippen LogP contribution is 2.46. The number of fused-ring (bicyclic) bond motifs is 3. The van der Waals surface area contributed by atoms with Gasteiger partial charge in [-0.1, -0.05) is 166 Å². The molecule has 3 aromatic heterocycles. The molecule has 0 spiro atoms. The van der Waals surface area contributed by atoms with Crippen LogP contribution in [0, 0.1) is 6.33 Å². The monoisotopic (exact) mass is 826 g/mol. The second-order valence-corrected chi connectivity index (χ2v) is 20.1. The van der Waals surface area contributed by atoms with Gasteiger partial charge in [-0.05, 0) is 87.2 Å². The average Bonchev–Trinajstić information content (AvgIpc) is 3.90. The van der Waals surface area contributed by atoms with E-state index in [-0.39, 0.29) is 21.7 Å². The first kappa shape index (κ1) is 41.6. The van der Waals surface area contributed by atoms with Gasteiger partial charge in [-0.25, -0.2) is 4.98 Å². The van der Waals surface area contributed by atoms with Gasteiger partial charge in [0, 0.05) is 51.8 Å². The summed E-state index contributed by atoms with van der Waals surface area (Å²) in [5.41, 5.74) is 10.6. The molecule has 5 nitrogen and oxygen atoms in total. The molecule has 5 heteroatoms. The fourth-order valence-electron chi connectivity index (χ4n) is 9.01. The SMILES string of the molecule is CC(C)(C)c1cccc(-[n+]2[c-]n(-c3ccc(C(C)(C)c4ccccc4)c(Oc4cc(C(C)(C)c5ccccc5)c5c6ccccc6n(-c6cc(C(C)(C)C)ccn6)c5c4)c3)cc2)c1.